The lowest BCUT2D eigenvalue weighted by Crippen LogP contribution is -2.28. The lowest BCUT2D eigenvalue weighted by Gasteiger charge is -2.19. The predicted molar refractivity (Wildman–Crippen MR) is 125 cm³/mol. The average Bonchev–Trinajstić information content (AvgIpc) is 3.52. The van der Waals surface area contributed by atoms with Gasteiger partial charge in [-0.15, -0.1) is 11.3 Å². The maximum absolute atomic E-state index is 13.0. The zero-order chi connectivity index (χ0) is 22.2. The Kier molecular flexibility index (Phi) is 6.11. The molecule has 0 saturated heterocycles. The average molecular weight is 479 g/mol. The number of fused-ring (bicyclic) bond motifs is 1. The fraction of sp³-hybridized carbons (Fsp3) is 0.300. The Balaban J connectivity index is 1.58. The van der Waals surface area contributed by atoms with Crippen LogP contribution in [0.2, 0.25) is 0 Å². The minimum atomic E-state index is -3.64. The summed E-state index contributed by atoms with van der Waals surface area (Å²) in [5.41, 5.74) is 2.10. The normalized spacial score (nSPS) is 16.5. The zero-order valence-electron chi connectivity index (χ0n) is 17.2. The van der Waals surface area contributed by atoms with Gasteiger partial charge >= 0.3 is 0 Å². The molecule has 1 aromatic carbocycles. The molecule has 1 N–H and O–H groups in total. The molecule has 1 unspecified atom stereocenters. The van der Waals surface area contributed by atoms with E-state index in [1.54, 1.807) is 37.7 Å². The Bertz CT molecular complexity index is 1230. The Labute approximate surface area is 188 Å². The molecule has 8 nitrogen and oxygen atoms in total. The second-order valence-corrected chi connectivity index (χ2v) is 11.4. The van der Waals surface area contributed by atoms with E-state index >= 15 is 0 Å². The van der Waals surface area contributed by atoms with Crippen LogP contribution < -0.4 is 4.31 Å². The topological polar surface area (TPSA) is 95.1 Å². The fourth-order valence-corrected chi connectivity index (χ4v) is 6.73. The number of hydrogen-bond acceptors (Lipinski definition) is 7. The Morgan fingerprint density at radius 3 is 2.81 bits per heavy atom. The van der Waals surface area contributed by atoms with Crippen molar-refractivity contribution in [2.75, 3.05) is 32.1 Å². The second kappa shape index (κ2) is 8.65. The highest BCUT2D eigenvalue weighted by Gasteiger charge is 2.27. The summed E-state index contributed by atoms with van der Waals surface area (Å²) < 4.78 is 27.5. The monoisotopic (exact) mass is 478 g/mol. The standard InChI is InChI=1S/C20H22N4O4S3/c1-23(28-3)17(25)11-14-12-21-20(30-14)15-10-13-6-4-7-16(19(13)22-15)24(2)31(26,27)18-8-5-9-29-18/h4-10,14,22H,11-12H2,1-3H3. The van der Waals surface area contributed by atoms with Crippen LogP contribution in [0.1, 0.15) is 12.1 Å². The van der Waals surface area contributed by atoms with Gasteiger partial charge in [-0.05, 0) is 23.6 Å². The van der Waals surface area contributed by atoms with Crippen LogP contribution in [0, 0.1) is 0 Å². The third-order valence-corrected chi connectivity index (χ3v) is 9.42. The minimum Gasteiger partial charge on any atom is -0.351 e. The number of amides is 1. The molecule has 2 aromatic heterocycles. The molecule has 11 heteroatoms. The molecule has 0 aliphatic carbocycles. The van der Waals surface area contributed by atoms with E-state index in [2.05, 4.69) is 9.98 Å². The van der Waals surface area contributed by atoms with Gasteiger partial charge in [0.15, 0.2) is 0 Å². The van der Waals surface area contributed by atoms with Gasteiger partial charge in [0.1, 0.15) is 9.25 Å². The van der Waals surface area contributed by atoms with Gasteiger partial charge in [-0.2, -0.15) is 0 Å². The van der Waals surface area contributed by atoms with Crippen molar-refractivity contribution in [1.82, 2.24) is 10.0 Å². The van der Waals surface area contributed by atoms with Crippen LogP contribution in [0.25, 0.3) is 10.9 Å². The van der Waals surface area contributed by atoms with Crippen LogP contribution in [-0.2, 0) is 19.7 Å². The maximum Gasteiger partial charge on any atom is 0.273 e. The molecule has 31 heavy (non-hydrogen) atoms. The number of thiophene rings is 1. The van der Waals surface area contributed by atoms with Crippen LogP contribution >= 0.6 is 23.1 Å². The highest BCUT2D eigenvalue weighted by atomic mass is 32.2. The first-order chi connectivity index (χ1) is 14.8. The summed E-state index contributed by atoms with van der Waals surface area (Å²) in [7, 11) is 0.960. The van der Waals surface area contributed by atoms with Crippen molar-refractivity contribution in [1.29, 1.82) is 0 Å². The molecular formula is C20H22N4O4S3. The van der Waals surface area contributed by atoms with Gasteiger partial charge in [0.25, 0.3) is 10.0 Å². The van der Waals surface area contributed by atoms with Crippen molar-refractivity contribution in [2.24, 2.45) is 4.99 Å². The molecule has 0 bridgehead atoms. The third kappa shape index (κ3) is 4.22. The predicted octanol–water partition coefficient (Wildman–Crippen LogP) is 3.33. The molecule has 0 fully saturated rings. The van der Waals surface area contributed by atoms with E-state index in [0.29, 0.717) is 22.9 Å². The van der Waals surface area contributed by atoms with E-state index in [1.807, 2.05) is 18.2 Å². The van der Waals surface area contributed by atoms with E-state index in [0.717, 1.165) is 21.6 Å². The number of sulfonamides is 1. The number of rotatable bonds is 7. The van der Waals surface area contributed by atoms with Crippen LogP contribution in [0.15, 0.2) is 51.0 Å². The van der Waals surface area contributed by atoms with Gasteiger partial charge in [0, 0.05) is 31.2 Å². The highest BCUT2D eigenvalue weighted by molar-refractivity contribution is 8.15. The van der Waals surface area contributed by atoms with E-state index < -0.39 is 10.0 Å². The second-order valence-electron chi connectivity index (χ2n) is 6.99. The van der Waals surface area contributed by atoms with Crippen LogP contribution in [0.4, 0.5) is 5.69 Å². The molecule has 3 heterocycles. The number of nitrogens with zero attached hydrogens (tertiary/aromatic N) is 3. The number of thioether (sulfide) groups is 1. The molecule has 0 saturated carbocycles. The molecular weight excluding hydrogens is 456 g/mol. The van der Waals surface area contributed by atoms with Gasteiger partial charge in [0.05, 0.1) is 30.6 Å². The van der Waals surface area contributed by atoms with E-state index in [9.17, 15) is 13.2 Å². The van der Waals surface area contributed by atoms with E-state index in [1.165, 1.54) is 39.6 Å². The number of carbonyl (C=O) groups excluding carboxylic acids is 1. The van der Waals surface area contributed by atoms with Crippen LogP contribution in [-0.4, -0.2) is 62.4 Å². The van der Waals surface area contributed by atoms with Gasteiger partial charge < -0.3 is 4.98 Å². The minimum absolute atomic E-state index is 0.0351. The molecule has 1 aliphatic rings. The lowest BCUT2D eigenvalue weighted by atomic mass is 10.2. The largest absolute Gasteiger partial charge is 0.351 e. The van der Waals surface area contributed by atoms with Gasteiger partial charge in [-0.3, -0.25) is 18.9 Å². The number of aromatic nitrogens is 1. The molecule has 1 aliphatic heterocycles. The highest BCUT2D eigenvalue weighted by Crippen LogP contribution is 2.34. The Morgan fingerprint density at radius 1 is 1.29 bits per heavy atom. The van der Waals surface area contributed by atoms with Crippen molar-refractivity contribution in [3.05, 3.63) is 47.5 Å². The molecule has 4 rings (SSSR count). The number of nitrogens with one attached hydrogen (secondary N) is 1. The fourth-order valence-electron chi connectivity index (χ4n) is 3.29. The molecule has 1 amide bonds. The Hall–Kier alpha value is -2.34. The molecule has 1 atom stereocenters. The molecule has 3 aromatic rings. The lowest BCUT2D eigenvalue weighted by molar-refractivity contribution is -0.168. The van der Waals surface area contributed by atoms with Crippen molar-refractivity contribution in [3.8, 4) is 0 Å². The number of aromatic amines is 1. The zero-order valence-corrected chi connectivity index (χ0v) is 19.7. The van der Waals surface area contributed by atoms with Crippen molar-refractivity contribution < 1.29 is 18.0 Å². The van der Waals surface area contributed by atoms with Crippen LogP contribution in [0.3, 0.4) is 0 Å². The number of hydroxylamine groups is 2. The van der Waals surface area contributed by atoms with E-state index in [-0.39, 0.29) is 11.2 Å². The quantitative estimate of drug-likeness (QED) is 0.526. The van der Waals surface area contributed by atoms with Gasteiger partial charge in [0.2, 0.25) is 5.91 Å². The summed E-state index contributed by atoms with van der Waals surface area (Å²) in [5.74, 6) is -0.101. The van der Waals surface area contributed by atoms with E-state index in [4.69, 9.17) is 4.84 Å². The van der Waals surface area contributed by atoms with Crippen molar-refractivity contribution in [3.63, 3.8) is 0 Å². The van der Waals surface area contributed by atoms with Crippen molar-refractivity contribution >= 4 is 60.7 Å². The number of anilines is 1. The summed E-state index contributed by atoms with van der Waals surface area (Å²) in [6.45, 7) is 0.540. The number of aliphatic imine (C=N–C) groups is 1. The number of carbonyl (C=O) groups is 1. The van der Waals surface area contributed by atoms with Crippen molar-refractivity contribution in [2.45, 2.75) is 15.9 Å². The summed E-state index contributed by atoms with van der Waals surface area (Å²) >= 11 is 2.73. The first-order valence-electron chi connectivity index (χ1n) is 9.47. The number of H-pyrrole nitrogens is 1. The number of benzene rings is 1. The molecule has 164 valence electrons. The first kappa shape index (κ1) is 21.9. The molecule has 0 spiro atoms. The SMILES string of the molecule is CON(C)C(=O)CC1CN=C(c2cc3cccc(N(C)S(=O)(=O)c4cccs4)c3[nH]2)S1. The number of para-hydroxylation sites is 1. The van der Waals surface area contributed by atoms with Crippen LogP contribution in [0.5, 0.6) is 0 Å². The summed E-state index contributed by atoms with van der Waals surface area (Å²) in [4.78, 5) is 25.0. The maximum atomic E-state index is 13.0. The first-order valence-corrected chi connectivity index (χ1v) is 12.7. The smallest absolute Gasteiger partial charge is 0.273 e. The van der Waals surface area contributed by atoms with Gasteiger partial charge in [-0.25, -0.2) is 13.5 Å². The summed E-state index contributed by atoms with van der Waals surface area (Å²) in [6.07, 6.45) is 0.329. The summed E-state index contributed by atoms with van der Waals surface area (Å²) in [5, 5.41) is 4.70. The molecule has 0 radical (unpaired) electrons. The Morgan fingerprint density at radius 2 is 2.10 bits per heavy atom. The number of hydrogen-bond donors (Lipinski definition) is 1. The third-order valence-electron chi connectivity index (χ3n) is 5.06. The van der Waals surface area contributed by atoms with Gasteiger partial charge in [-0.1, -0.05) is 30.0 Å². The summed E-state index contributed by atoms with van der Waals surface area (Å²) in [6, 6.07) is 10.8.